The predicted molar refractivity (Wildman–Crippen MR) is 81.1 cm³/mol. The molecule has 0 spiro atoms. The molecule has 0 aliphatic carbocycles. The number of halogens is 1. The van der Waals surface area contributed by atoms with Gasteiger partial charge in [-0.3, -0.25) is 9.59 Å². The van der Waals surface area contributed by atoms with Gasteiger partial charge in [-0.05, 0) is 24.3 Å². The summed E-state index contributed by atoms with van der Waals surface area (Å²) in [5, 5.41) is 5.06. The summed E-state index contributed by atoms with van der Waals surface area (Å²) in [5.74, 6) is -0.347. The quantitative estimate of drug-likeness (QED) is 0.906. The zero-order valence-electron chi connectivity index (χ0n) is 12.0. The largest absolute Gasteiger partial charge is 0.484 e. The Morgan fingerprint density at radius 3 is 2.96 bits per heavy atom. The van der Waals surface area contributed by atoms with E-state index in [9.17, 15) is 14.0 Å². The lowest BCUT2D eigenvalue weighted by atomic mass is 10.2. The van der Waals surface area contributed by atoms with Gasteiger partial charge in [0.15, 0.2) is 13.2 Å². The van der Waals surface area contributed by atoms with E-state index in [1.54, 1.807) is 24.3 Å². The minimum atomic E-state index is -0.519. The lowest BCUT2D eigenvalue weighted by Crippen LogP contribution is -2.25. The minimum absolute atomic E-state index is 0.0295. The molecule has 1 aliphatic heterocycles. The monoisotopic (exact) mass is 316 g/mol. The van der Waals surface area contributed by atoms with Crippen molar-refractivity contribution >= 4 is 23.2 Å². The summed E-state index contributed by atoms with van der Waals surface area (Å²) < 4.78 is 24.0. The fourth-order valence-corrected chi connectivity index (χ4v) is 2.05. The maximum absolute atomic E-state index is 13.4. The molecule has 0 saturated heterocycles. The smallest absolute Gasteiger partial charge is 0.262 e. The third kappa shape index (κ3) is 3.57. The molecule has 2 N–H and O–H groups in total. The number of benzene rings is 2. The van der Waals surface area contributed by atoms with E-state index in [0.717, 1.165) is 0 Å². The fourth-order valence-electron chi connectivity index (χ4n) is 2.05. The zero-order valence-corrected chi connectivity index (χ0v) is 12.0. The first-order chi connectivity index (χ1) is 11.1. The Kier molecular flexibility index (Phi) is 4.09. The summed E-state index contributed by atoms with van der Waals surface area (Å²) in [4.78, 5) is 23.0. The predicted octanol–water partition coefficient (Wildman–Crippen LogP) is 2.17. The van der Waals surface area contributed by atoms with Gasteiger partial charge in [-0.2, -0.15) is 0 Å². The molecule has 0 radical (unpaired) electrons. The third-order valence-corrected chi connectivity index (χ3v) is 3.10. The summed E-state index contributed by atoms with van der Waals surface area (Å²) >= 11 is 0. The van der Waals surface area contributed by atoms with Gasteiger partial charge in [0.05, 0.1) is 11.4 Å². The third-order valence-electron chi connectivity index (χ3n) is 3.10. The molecule has 0 aromatic heterocycles. The van der Waals surface area contributed by atoms with E-state index in [-0.39, 0.29) is 24.8 Å². The maximum atomic E-state index is 13.4. The number of hydrogen-bond acceptors (Lipinski definition) is 4. The number of nitrogens with one attached hydrogen (secondary N) is 2. The number of rotatable bonds is 4. The molecule has 1 aliphatic rings. The summed E-state index contributed by atoms with van der Waals surface area (Å²) in [5.41, 5.74) is 0.570. The van der Waals surface area contributed by atoms with E-state index >= 15 is 0 Å². The second kappa shape index (κ2) is 6.35. The molecular formula is C16H13FN2O4. The van der Waals surface area contributed by atoms with Crippen LogP contribution in [0.2, 0.25) is 0 Å². The van der Waals surface area contributed by atoms with Crippen LogP contribution < -0.4 is 20.1 Å². The van der Waals surface area contributed by atoms with Gasteiger partial charge in [-0.1, -0.05) is 12.1 Å². The summed E-state index contributed by atoms with van der Waals surface area (Å²) in [6, 6.07) is 10.7. The first-order valence-corrected chi connectivity index (χ1v) is 6.86. The molecule has 6 nitrogen and oxygen atoms in total. The van der Waals surface area contributed by atoms with Crippen LogP contribution in [0.3, 0.4) is 0 Å². The number of amides is 2. The average Bonchev–Trinajstić information content (AvgIpc) is 2.54. The maximum Gasteiger partial charge on any atom is 0.262 e. The van der Waals surface area contributed by atoms with Crippen LogP contribution in [-0.2, 0) is 9.59 Å². The van der Waals surface area contributed by atoms with Crippen molar-refractivity contribution in [3.8, 4) is 11.5 Å². The Morgan fingerprint density at radius 2 is 2.13 bits per heavy atom. The summed E-state index contributed by atoms with van der Waals surface area (Å²) in [6.45, 7) is -0.319. The number of carbonyl (C=O) groups excluding carboxylic acids is 2. The normalized spacial score (nSPS) is 12.7. The van der Waals surface area contributed by atoms with Crippen molar-refractivity contribution in [1.29, 1.82) is 0 Å². The first kappa shape index (κ1) is 14.8. The molecule has 118 valence electrons. The Morgan fingerprint density at radius 1 is 1.30 bits per heavy atom. The Hall–Kier alpha value is -3.09. The fraction of sp³-hybridized carbons (Fsp3) is 0.125. The van der Waals surface area contributed by atoms with Crippen molar-refractivity contribution in [3.05, 3.63) is 48.3 Å². The minimum Gasteiger partial charge on any atom is -0.484 e. The van der Waals surface area contributed by atoms with E-state index in [1.165, 1.54) is 18.2 Å². The van der Waals surface area contributed by atoms with Crippen molar-refractivity contribution in [2.75, 3.05) is 23.8 Å². The van der Waals surface area contributed by atoms with Gasteiger partial charge in [0.25, 0.3) is 11.8 Å². The first-order valence-electron chi connectivity index (χ1n) is 6.86. The van der Waals surface area contributed by atoms with Crippen LogP contribution in [0.4, 0.5) is 15.8 Å². The molecular weight excluding hydrogens is 303 g/mol. The standard InChI is InChI=1S/C16H13FN2O4/c17-11-3-1-2-4-12(11)18-15(20)8-22-10-5-6-14-13(7-10)19-16(21)9-23-14/h1-7H,8-9H2,(H,18,20)(H,19,21). The van der Waals surface area contributed by atoms with Gasteiger partial charge >= 0.3 is 0 Å². The van der Waals surface area contributed by atoms with E-state index in [1.807, 2.05) is 0 Å². The topological polar surface area (TPSA) is 76.7 Å². The van der Waals surface area contributed by atoms with Gasteiger partial charge in [0, 0.05) is 6.07 Å². The number of para-hydroxylation sites is 1. The van der Waals surface area contributed by atoms with Crippen molar-refractivity contribution < 1.29 is 23.5 Å². The Labute approximate surface area is 131 Å². The van der Waals surface area contributed by atoms with Gasteiger partial charge in [0.1, 0.15) is 17.3 Å². The van der Waals surface area contributed by atoms with Crippen molar-refractivity contribution in [3.63, 3.8) is 0 Å². The van der Waals surface area contributed by atoms with E-state index in [4.69, 9.17) is 9.47 Å². The summed E-state index contributed by atoms with van der Waals surface area (Å²) in [7, 11) is 0. The van der Waals surface area contributed by atoms with Crippen LogP contribution in [0.1, 0.15) is 0 Å². The van der Waals surface area contributed by atoms with Crippen LogP contribution in [0, 0.1) is 5.82 Å². The molecule has 2 amide bonds. The second-order valence-corrected chi connectivity index (χ2v) is 4.81. The second-order valence-electron chi connectivity index (χ2n) is 4.81. The van der Waals surface area contributed by atoms with Crippen LogP contribution in [-0.4, -0.2) is 25.0 Å². The lowest BCUT2D eigenvalue weighted by molar-refractivity contribution is -0.119. The average molecular weight is 316 g/mol. The van der Waals surface area contributed by atoms with Crippen LogP contribution in [0.25, 0.3) is 0 Å². The molecule has 0 saturated carbocycles. The number of carbonyl (C=O) groups is 2. The SMILES string of the molecule is O=C(COc1ccc2c(c1)NC(=O)CO2)Nc1ccccc1F. The van der Waals surface area contributed by atoms with Gasteiger partial charge in [0.2, 0.25) is 0 Å². The number of ether oxygens (including phenoxy) is 2. The van der Waals surface area contributed by atoms with Crippen LogP contribution in [0.5, 0.6) is 11.5 Å². The van der Waals surface area contributed by atoms with E-state index in [2.05, 4.69) is 10.6 Å². The lowest BCUT2D eigenvalue weighted by Gasteiger charge is -2.18. The van der Waals surface area contributed by atoms with Crippen molar-refractivity contribution in [1.82, 2.24) is 0 Å². The highest BCUT2D eigenvalue weighted by Crippen LogP contribution is 2.31. The molecule has 0 fully saturated rings. The molecule has 2 aromatic rings. The van der Waals surface area contributed by atoms with Crippen LogP contribution in [0.15, 0.2) is 42.5 Å². The molecule has 2 aromatic carbocycles. The molecule has 0 atom stereocenters. The molecule has 0 unspecified atom stereocenters. The highest BCUT2D eigenvalue weighted by atomic mass is 19.1. The highest BCUT2D eigenvalue weighted by molar-refractivity contribution is 5.95. The molecule has 23 heavy (non-hydrogen) atoms. The molecule has 1 heterocycles. The van der Waals surface area contributed by atoms with Gasteiger partial charge in [-0.15, -0.1) is 0 Å². The van der Waals surface area contributed by atoms with Crippen molar-refractivity contribution in [2.24, 2.45) is 0 Å². The molecule has 7 heteroatoms. The number of fused-ring (bicyclic) bond motifs is 1. The van der Waals surface area contributed by atoms with E-state index in [0.29, 0.717) is 17.2 Å². The zero-order chi connectivity index (χ0) is 16.2. The van der Waals surface area contributed by atoms with Gasteiger partial charge in [-0.25, -0.2) is 4.39 Å². The number of anilines is 2. The Bertz CT molecular complexity index is 763. The highest BCUT2D eigenvalue weighted by Gasteiger charge is 2.16. The molecule has 0 bridgehead atoms. The summed E-state index contributed by atoms with van der Waals surface area (Å²) in [6.07, 6.45) is 0. The van der Waals surface area contributed by atoms with E-state index < -0.39 is 11.7 Å². The van der Waals surface area contributed by atoms with Gasteiger partial charge < -0.3 is 20.1 Å². The van der Waals surface area contributed by atoms with Crippen molar-refractivity contribution in [2.45, 2.75) is 0 Å². The molecule has 3 rings (SSSR count). The number of hydrogen-bond donors (Lipinski definition) is 2. The Balaban J connectivity index is 1.60. The van der Waals surface area contributed by atoms with Crippen LogP contribution >= 0.6 is 0 Å².